The van der Waals surface area contributed by atoms with Crippen LogP contribution in [0.25, 0.3) is 0 Å². The van der Waals surface area contributed by atoms with E-state index in [0.29, 0.717) is 6.61 Å². The molecule has 0 aromatic rings. The number of rotatable bonds is 5. The normalized spacial score (nSPS) is 27.4. The van der Waals surface area contributed by atoms with E-state index in [-0.39, 0.29) is 17.4 Å². The summed E-state index contributed by atoms with van der Waals surface area (Å²) in [5.74, 6) is 0.173. The third-order valence-corrected chi connectivity index (χ3v) is 3.42. The highest BCUT2D eigenvalue weighted by molar-refractivity contribution is 5.83. The molecule has 1 heterocycles. The van der Waals surface area contributed by atoms with Gasteiger partial charge in [-0.15, -0.1) is 0 Å². The Morgan fingerprint density at radius 3 is 2.88 bits per heavy atom. The van der Waals surface area contributed by atoms with Gasteiger partial charge in [0.05, 0.1) is 12.0 Å². The standard InChI is InChI=1S/C12H24N2O2/c1-4-12(6-5-7-13-9-12)11(15)14-10(2)8-16-3/h10,13H,4-9H2,1-3H3,(H,14,15). The second-order valence-corrected chi connectivity index (χ2v) is 4.74. The van der Waals surface area contributed by atoms with Gasteiger partial charge in [-0.05, 0) is 32.7 Å². The monoisotopic (exact) mass is 228 g/mol. The molecular formula is C12H24N2O2. The summed E-state index contributed by atoms with van der Waals surface area (Å²) in [6, 6.07) is 0.0860. The molecule has 0 spiro atoms. The fourth-order valence-corrected chi connectivity index (χ4v) is 2.29. The second kappa shape index (κ2) is 6.21. The van der Waals surface area contributed by atoms with Crippen LogP contribution >= 0.6 is 0 Å². The van der Waals surface area contributed by atoms with Gasteiger partial charge in [0.2, 0.25) is 5.91 Å². The summed E-state index contributed by atoms with van der Waals surface area (Å²) in [4.78, 5) is 12.2. The first-order chi connectivity index (χ1) is 7.64. The molecule has 0 saturated carbocycles. The van der Waals surface area contributed by atoms with Crippen molar-refractivity contribution in [3.05, 3.63) is 0 Å². The number of hydrogen-bond donors (Lipinski definition) is 2. The summed E-state index contributed by atoms with van der Waals surface area (Å²) in [7, 11) is 1.65. The number of ether oxygens (including phenoxy) is 1. The van der Waals surface area contributed by atoms with Gasteiger partial charge in [-0.1, -0.05) is 6.92 Å². The summed E-state index contributed by atoms with van der Waals surface area (Å²) < 4.78 is 5.03. The van der Waals surface area contributed by atoms with Crippen molar-refractivity contribution < 1.29 is 9.53 Å². The molecule has 94 valence electrons. The number of piperidine rings is 1. The van der Waals surface area contributed by atoms with Crippen LogP contribution in [-0.2, 0) is 9.53 Å². The molecule has 2 unspecified atom stereocenters. The highest BCUT2D eigenvalue weighted by atomic mass is 16.5. The molecule has 1 rings (SSSR count). The minimum absolute atomic E-state index is 0.0860. The van der Waals surface area contributed by atoms with E-state index in [9.17, 15) is 4.79 Å². The maximum absolute atomic E-state index is 12.2. The Labute approximate surface area is 98.1 Å². The number of amides is 1. The van der Waals surface area contributed by atoms with Crippen molar-refractivity contribution in [2.45, 2.75) is 39.2 Å². The smallest absolute Gasteiger partial charge is 0.227 e. The van der Waals surface area contributed by atoms with Gasteiger partial charge in [0, 0.05) is 19.7 Å². The van der Waals surface area contributed by atoms with Gasteiger partial charge in [-0.25, -0.2) is 0 Å². The van der Waals surface area contributed by atoms with Crippen molar-refractivity contribution in [3.8, 4) is 0 Å². The number of carbonyl (C=O) groups is 1. The topological polar surface area (TPSA) is 50.4 Å². The molecule has 1 fully saturated rings. The number of methoxy groups -OCH3 is 1. The minimum atomic E-state index is -0.208. The van der Waals surface area contributed by atoms with E-state index in [0.717, 1.165) is 32.4 Å². The first kappa shape index (κ1) is 13.5. The summed E-state index contributed by atoms with van der Waals surface area (Å²) in [5, 5.41) is 6.36. The van der Waals surface area contributed by atoms with Crippen LogP contribution in [0.3, 0.4) is 0 Å². The molecule has 1 aliphatic rings. The highest BCUT2D eigenvalue weighted by Gasteiger charge is 2.38. The molecule has 1 saturated heterocycles. The molecule has 1 aliphatic heterocycles. The van der Waals surface area contributed by atoms with E-state index in [1.807, 2.05) is 6.92 Å². The third-order valence-electron chi connectivity index (χ3n) is 3.42. The van der Waals surface area contributed by atoms with E-state index in [1.165, 1.54) is 0 Å². The quantitative estimate of drug-likeness (QED) is 0.735. The van der Waals surface area contributed by atoms with Crippen molar-refractivity contribution >= 4 is 5.91 Å². The molecule has 2 N–H and O–H groups in total. The summed E-state index contributed by atoms with van der Waals surface area (Å²) in [6.07, 6.45) is 2.97. The van der Waals surface area contributed by atoms with Crippen molar-refractivity contribution in [1.82, 2.24) is 10.6 Å². The summed E-state index contributed by atoms with van der Waals surface area (Å²) in [5.41, 5.74) is -0.208. The first-order valence-corrected chi connectivity index (χ1v) is 6.15. The summed E-state index contributed by atoms with van der Waals surface area (Å²) in [6.45, 7) is 6.46. The lowest BCUT2D eigenvalue weighted by molar-refractivity contribution is -0.133. The van der Waals surface area contributed by atoms with E-state index in [4.69, 9.17) is 4.74 Å². The van der Waals surface area contributed by atoms with Crippen LogP contribution in [-0.4, -0.2) is 38.8 Å². The van der Waals surface area contributed by atoms with Crippen molar-refractivity contribution in [2.75, 3.05) is 26.8 Å². The first-order valence-electron chi connectivity index (χ1n) is 6.15. The predicted molar refractivity (Wildman–Crippen MR) is 64.3 cm³/mol. The molecule has 1 amide bonds. The van der Waals surface area contributed by atoms with Gasteiger partial charge < -0.3 is 15.4 Å². The maximum Gasteiger partial charge on any atom is 0.227 e. The molecule has 0 aromatic carbocycles. The van der Waals surface area contributed by atoms with Crippen molar-refractivity contribution in [1.29, 1.82) is 0 Å². The Balaban J connectivity index is 2.54. The average molecular weight is 228 g/mol. The highest BCUT2D eigenvalue weighted by Crippen LogP contribution is 2.30. The molecule has 0 radical (unpaired) electrons. The van der Waals surface area contributed by atoms with Gasteiger partial charge >= 0.3 is 0 Å². The molecule has 4 heteroatoms. The van der Waals surface area contributed by atoms with Crippen LogP contribution < -0.4 is 10.6 Å². The van der Waals surface area contributed by atoms with Gasteiger partial charge in [-0.2, -0.15) is 0 Å². The largest absolute Gasteiger partial charge is 0.383 e. The Hall–Kier alpha value is -0.610. The second-order valence-electron chi connectivity index (χ2n) is 4.74. The number of hydrogen-bond acceptors (Lipinski definition) is 3. The maximum atomic E-state index is 12.2. The lowest BCUT2D eigenvalue weighted by atomic mass is 9.77. The van der Waals surface area contributed by atoms with Crippen LogP contribution in [0.1, 0.15) is 33.1 Å². The van der Waals surface area contributed by atoms with Crippen LogP contribution in [0.5, 0.6) is 0 Å². The third kappa shape index (κ3) is 3.19. The van der Waals surface area contributed by atoms with Crippen molar-refractivity contribution in [2.24, 2.45) is 5.41 Å². The van der Waals surface area contributed by atoms with Crippen LogP contribution in [0.4, 0.5) is 0 Å². The molecule has 16 heavy (non-hydrogen) atoms. The Kier molecular flexibility index (Phi) is 5.22. The molecule has 4 nitrogen and oxygen atoms in total. The predicted octanol–water partition coefficient (Wildman–Crippen LogP) is 0.917. The number of carbonyl (C=O) groups excluding carboxylic acids is 1. The van der Waals surface area contributed by atoms with E-state index in [2.05, 4.69) is 17.6 Å². The van der Waals surface area contributed by atoms with E-state index >= 15 is 0 Å². The van der Waals surface area contributed by atoms with E-state index in [1.54, 1.807) is 7.11 Å². The molecule has 0 bridgehead atoms. The fraction of sp³-hybridized carbons (Fsp3) is 0.917. The van der Waals surface area contributed by atoms with Crippen molar-refractivity contribution in [3.63, 3.8) is 0 Å². The van der Waals surface area contributed by atoms with Gasteiger partial charge in [0.1, 0.15) is 0 Å². The lowest BCUT2D eigenvalue weighted by Crippen LogP contribution is -2.52. The lowest BCUT2D eigenvalue weighted by Gasteiger charge is -2.36. The molecule has 0 aromatic heterocycles. The Bertz CT molecular complexity index is 225. The Morgan fingerprint density at radius 1 is 1.62 bits per heavy atom. The van der Waals surface area contributed by atoms with Crippen LogP contribution in [0.2, 0.25) is 0 Å². The SMILES string of the molecule is CCC1(C(=O)NC(C)COC)CCCNC1. The molecule has 0 aliphatic carbocycles. The van der Waals surface area contributed by atoms with E-state index < -0.39 is 0 Å². The van der Waals surface area contributed by atoms with Crippen LogP contribution in [0.15, 0.2) is 0 Å². The minimum Gasteiger partial charge on any atom is -0.383 e. The average Bonchev–Trinajstić information content (AvgIpc) is 2.30. The zero-order chi connectivity index (χ0) is 12.0. The fourth-order valence-electron chi connectivity index (χ4n) is 2.29. The zero-order valence-electron chi connectivity index (χ0n) is 10.6. The van der Waals surface area contributed by atoms with Gasteiger partial charge in [0.25, 0.3) is 0 Å². The Morgan fingerprint density at radius 2 is 2.38 bits per heavy atom. The number of nitrogens with one attached hydrogen (secondary N) is 2. The van der Waals surface area contributed by atoms with Gasteiger partial charge in [0.15, 0.2) is 0 Å². The van der Waals surface area contributed by atoms with Gasteiger partial charge in [-0.3, -0.25) is 4.79 Å². The molecular weight excluding hydrogens is 204 g/mol. The summed E-state index contributed by atoms with van der Waals surface area (Å²) >= 11 is 0. The zero-order valence-corrected chi connectivity index (χ0v) is 10.6. The van der Waals surface area contributed by atoms with Crippen LogP contribution in [0, 0.1) is 5.41 Å². The molecule has 2 atom stereocenters.